The van der Waals surface area contributed by atoms with Crippen molar-refractivity contribution in [2.45, 2.75) is 46.0 Å². The topological polar surface area (TPSA) is 26.0 Å². The summed E-state index contributed by atoms with van der Waals surface area (Å²) in [5.74, 6) is -1.74. The van der Waals surface area contributed by atoms with Crippen molar-refractivity contribution in [3.8, 4) is 11.1 Å². The first kappa shape index (κ1) is 18.6. The number of nitrogens with zero attached hydrogens (tertiary/aromatic N) is 1. The van der Waals surface area contributed by atoms with Crippen LogP contribution < -0.4 is 0 Å². The average Bonchev–Trinajstić information content (AvgIpc) is 3.07. The summed E-state index contributed by atoms with van der Waals surface area (Å²) in [6, 6.07) is 10.9. The predicted octanol–water partition coefficient (Wildman–Crippen LogP) is 7.22. The molecule has 4 rings (SSSR count). The van der Waals surface area contributed by atoms with E-state index in [-0.39, 0.29) is 10.9 Å². The molecule has 4 aromatic rings. The smallest absolute Gasteiger partial charge is 0.171 e. The Labute approximate surface area is 163 Å². The fourth-order valence-electron chi connectivity index (χ4n) is 3.65. The van der Waals surface area contributed by atoms with E-state index in [0.717, 1.165) is 43.4 Å². The molecule has 2 nitrogen and oxygen atoms in total. The Balaban J connectivity index is 1.81. The molecule has 0 aliphatic carbocycles. The van der Waals surface area contributed by atoms with Crippen molar-refractivity contribution in [2.24, 2.45) is 0 Å². The van der Waals surface area contributed by atoms with E-state index in [1.54, 1.807) is 18.3 Å². The van der Waals surface area contributed by atoms with Gasteiger partial charge in [0.2, 0.25) is 0 Å². The highest BCUT2D eigenvalue weighted by molar-refractivity contribution is 6.06. The first-order valence-corrected chi connectivity index (χ1v) is 9.90. The number of hydrogen-bond donors (Lipinski definition) is 0. The first-order valence-electron chi connectivity index (χ1n) is 9.90. The zero-order valence-electron chi connectivity index (χ0n) is 16.2. The van der Waals surface area contributed by atoms with Crippen molar-refractivity contribution in [2.75, 3.05) is 0 Å². The number of hydrogen-bond acceptors (Lipinski definition) is 2. The van der Waals surface area contributed by atoms with E-state index in [4.69, 9.17) is 4.42 Å². The molecule has 0 atom stereocenters. The molecule has 0 aliphatic heterocycles. The van der Waals surface area contributed by atoms with Crippen molar-refractivity contribution >= 4 is 21.9 Å². The zero-order chi connectivity index (χ0) is 19.7. The monoisotopic (exact) mass is 379 g/mol. The number of pyridine rings is 1. The number of halogens is 2. The molecule has 0 unspecified atom stereocenters. The normalized spacial score (nSPS) is 11.6. The van der Waals surface area contributed by atoms with Crippen LogP contribution in [0.1, 0.15) is 44.4 Å². The quantitative estimate of drug-likeness (QED) is 0.353. The summed E-state index contributed by atoms with van der Waals surface area (Å²) in [6.07, 6.45) is 6.57. The van der Waals surface area contributed by atoms with Crippen molar-refractivity contribution in [1.82, 2.24) is 4.98 Å². The Hall–Kier alpha value is -2.75. The second kappa shape index (κ2) is 7.70. The van der Waals surface area contributed by atoms with E-state index in [0.29, 0.717) is 22.1 Å². The minimum absolute atomic E-state index is 0.173. The van der Waals surface area contributed by atoms with Gasteiger partial charge in [0.05, 0.1) is 5.39 Å². The second-order valence-electron chi connectivity index (χ2n) is 7.25. The molecule has 2 heterocycles. The molecule has 0 N–H and O–H groups in total. The van der Waals surface area contributed by atoms with Crippen LogP contribution in [0.15, 0.2) is 47.0 Å². The lowest BCUT2D eigenvalue weighted by Crippen LogP contribution is -1.94. The lowest BCUT2D eigenvalue weighted by atomic mass is 10.0. The first-order chi connectivity index (χ1) is 13.6. The summed E-state index contributed by atoms with van der Waals surface area (Å²) in [5.41, 5.74) is 3.75. The minimum atomic E-state index is -0.871. The average molecular weight is 379 g/mol. The molecule has 0 saturated carbocycles. The third-order valence-corrected chi connectivity index (χ3v) is 5.17. The highest BCUT2D eigenvalue weighted by atomic mass is 19.2. The summed E-state index contributed by atoms with van der Waals surface area (Å²) < 4.78 is 35.7. The van der Waals surface area contributed by atoms with Crippen LogP contribution in [0, 0.1) is 11.6 Å². The van der Waals surface area contributed by atoms with Crippen molar-refractivity contribution < 1.29 is 13.2 Å². The Morgan fingerprint density at radius 1 is 0.893 bits per heavy atom. The van der Waals surface area contributed by atoms with E-state index in [2.05, 4.69) is 18.8 Å². The summed E-state index contributed by atoms with van der Waals surface area (Å²) in [4.78, 5) is 4.40. The van der Waals surface area contributed by atoms with Gasteiger partial charge in [-0.15, -0.1) is 0 Å². The molecule has 144 valence electrons. The van der Waals surface area contributed by atoms with E-state index in [1.165, 1.54) is 0 Å². The fraction of sp³-hybridized carbons (Fsp3) is 0.292. The molecular formula is C24H23F2NO. The van der Waals surface area contributed by atoms with Crippen molar-refractivity contribution in [3.05, 3.63) is 65.5 Å². The maximum atomic E-state index is 14.9. The molecule has 0 aliphatic rings. The lowest BCUT2D eigenvalue weighted by molar-refractivity contribution is 0.518. The van der Waals surface area contributed by atoms with Gasteiger partial charge >= 0.3 is 0 Å². The number of unbranched alkanes of at least 4 members (excludes halogenated alkanes) is 1. The van der Waals surface area contributed by atoms with Gasteiger partial charge in [-0.05, 0) is 43.0 Å². The van der Waals surface area contributed by atoms with Crippen LogP contribution >= 0.6 is 0 Å². The standard InChI is InChI=1S/C24H23F2NO/c1-3-5-7-17-10-9-16(14-27-17)19-13-21-22(24(26)23(19)25)18-11-8-15(6-4-2)12-20(18)28-21/h8-14H,3-7H2,1-2H3. The van der Waals surface area contributed by atoms with Crippen LogP contribution in [-0.2, 0) is 12.8 Å². The van der Waals surface area contributed by atoms with Gasteiger partial charge in [0.1, 0.15) is 11.2 Å². The molecule has 4 heteroatoms. The van der Waals surface area contributed by atoms with Gasteiger partial charge in [-0.25, -0.2) is 8.78 Å². The Kier molecular flexibility index (Phi) is 5.12. The third-order valence-electron chi connectivity index (χ3n) is 5.17. The third kappa shape index (κ3) is 3.28. The molecule has 28 heavy (non-hydrogen) atoms. The largest absolute Gasteiger partial charge is 0.456 e. The molecule has 0 saturated heterocycles. The van der Waals surface area contributed by atoms with Crippen LogP contribution in [0.3, 0.4) is 0 Å². The number of aromatic nitrogens is 1. The maximum absolute atomic E-state index is 14.9. The zero-order valence-corrected chi connectivity index (χ0v) is 16.2. The number of fused-ring (bicyclic) bond motifs is 3. The van der Waals surface area contributed by atoms with Gasteiger partial charge < -0.3 is 4.42 Å². The predicted molar refractivity (Wildman–Crippen MR) is 109 cm³/mol. The summed E-state index contributed by atoms with van der Waals surface area (Å²) in [5, 5.41) is 0.803. The van der Waals surface area contributed by atoms with Gasteiger partial charge in [-0.2, -0.15) is 0 Å². The molecule has 0 amide bonds. The highest BCUT2D eigenvalue weighted by Gasteiger charge is 2.20. The van der Waals surface area contributed by atoms with E-state index in [9.17, 15) is 8.78 Å². The van der Waals surface area contributed by atoms with Crippen LogP contribution in [0.5, 0.6) is 0 Å². The summed E-state index contributed by atoms with van der Waals surface area (Å²) in [7, 11) is 0. The Morgan fingerprint density at radius 2 is 1.75 bits per heavy atom. The molecule has 2 aromatic carbocycles. The number of furan rings is 1. The maximum Gasteiger partial charge on any atom is 0.171 e. The van der Waals surface area contributed by atoms with E-state index < -0.39 is 11.6 Å². The fourth-order valence-corrected chi connectivity index (χ4v) is 3.65. The van der Waals surface area contributed by atoms with Crippen LogP contribution in [-0.4, -0.2) is 4.98 Å². The van der Waals surface area contributed by atoms with Crippen LogP contribution in [0.25, 0.3) is 33.1 Å². The number of benzene rings is 2. The summed E-state index contributed by atoms with van der Waals surface area (Å²) in [6.45, 7) is 4.23. The van der Waals surface area contributed by atoms with Gasteiger partial charge in [-0.3, -0.25) is 4.98 Å². The van der Waals surface area contributed by atoms with Crippen LogP contribution in [0.2, 0.25) is 0 Å². The van der Waals surface area contributed by atoms with Crippen molar-refractivity contribution in [3.63, 3.8) is 0 Å². The van der Waals surface area contributed by atoms with E-state index in [1.807, 2.05) is 24.3 Å². The lowest BCUT2D eigenvalue weighted by Gasteiger charge is -2.06. The Morgan fingerprint density at radius 3 is 2.46 bits per heavy atom. The van der Waals surface area contributed by atoms with Crippen LogP contribution in [0.4, 0.5) is 8.78 Å². The minimum Gasteiger partial charge on any atom is -0.456 e. The van der Waals surface area contributed by atoms with Gasteiger partial charge in [-0.1, -0.05) is 44.9 Å². The molecular weight excluding hydrogens is 356 g/mol. The van der Waals surface area contributed by atoms with Crippen molar-refractivity contribution in [1.29, 1.82) is 0 Å². The highest BCUT2D eigenvalue weighted by Crippen LogP contribution is 2.37. The SMILES string of the molecule is CCCCc1ccc(-c2cc3oc4cc(CCC)ccc4c3c(F)c2F)cn1. The Bertz CT molecular complexity index is 1130. The summed E-state index contributed by atoms with van der Waals surface area (Å²) >= 11 is 0. The van der Waals surface area contributed by atoms with Gasteiger partial charge in [0.25, 0.3) is 0 Å². The molecule has 0 spiro atoms. The number of rotatable bonds is 6. The second-order valence-corrected chi connectivity index (χ2v) is 7.25. The molecule has 2 aromatic heterocycles. The molecule has 0 radical (unpaired) electrons. The van der Waals surface area contributed by atoms with E-state index >= 15 is 0 Å². The van der Waals surface area contributed by atoms with Gasteiger partial charge in [0, 0.05) is 28.4 Å². The molecule has 0 bridgehead atoms. The molecule has 0 fully saturated rings. The van der Waals surface area contributed by atoms with Gasteiger partial charge in [0.15, 0.2) is 11.6 Å². The number of aryl methyl sites for hydroxylation is 2.